The van der Waals surface area contributed by atoms with Crippen LogP contribution in [0.15, 0.2) is 18.3 Å². The number of rotatable bonds is 5. The molecule has 1 aromatic heterocycles. The molecule has 0 amide bonds. The molecule has 6 nitrogen and oxygen atoms in total. The highest BCUT2D eigenvalue weighted by Crippen LogP contribution is 2.14. The number of hydrogen-bond acceptors (Lipinski definition) is 5. The van der Waals surface area contributed by atoms with Crippen molar-refractivity contribution in [2.75, 3.05) is 42.9 Å². The van der Waals surface area contributed by atoms with E-state index in [1.165, 1.54) is 0 Å². The lowest BCUT2D eigenvalue weighted by molar-refractivity contribution is -0.136. The van der Waals surface area contributed by atoms with E-state index in [1.54, 1.807) is 6.20 Å². The zero-order valence-corrected chi connectivity index (χ0v) is 10.2. The van der Waals surface area contributed by atoms with E-state index in [0.717, 1.165) is 37.7 Å². The van der Waals surface area contributed by atoms with Gasteiger partial charge < -0.3 is 20.6 Å². The van der Waals surface area contributed by atoms with Gasteiger partial charge in [-0.05, 0) is 12.1 Å². The van der Waals surface area contributed by atoms with Crippen molar-refractivity contribution >= 4 is 17.5 Å². The van der Waals surface area contributed by atoms with Gasteiger partial charge in [-0.1, -0.05) is 0 Å². The molecular formula is C12H18N4O2. The fourth-order valence-electron chi connectivity index (χ4n) is 1.89. The molecule has 1 aliphatic heterocycles. The minimum atomic E-state index is -0.798. The molecule has 2 heterocycles. The second kappa shape index (κ2) is 6.20. The van der Waals surface area contributed by atoms with Crippen LogP contribution in [-0.4, -0.2) is 48.8 Å². The van der Waals surface area contributed by atoms with Crippen LogP contribution in [0.2, 0.25) is 0 Å². The van der Waals surface area contributed by atoms with Crippen LogP contribution in [0.4, 0.5) is 11.5 Å². The van der Waals surface area contributed by atoms with E-state index < -0.39 is 5.97 Å². The van der Waals surface area contributed by atoms with Gasteiger partial charge in [-0.25, -0.2) is 4.98 Å². The largest absolute Gasteiger partial charge is 0.481 e. The number of carbonyl (C=O) groups is 1. The van der Waals surface area contributed by atoms with Crippen LogP contribution in [0, 0.1) is 0 Å². The van der Waals surface area contributed by atoms with Gasteiger partial charge in [0.25, 0.3) is 0 Å². The summed E-state index contributed by atoms with van der Waals surface area (Å²) in [7, 11) is 0. The first-order chi connectivity index (χ1) is 8.75. The van der Waals surface area contributed by atoms with Gasteiger partial charge in [-0.15, -0.1) is 0 Å². The van der Waals surface area contributed by atoms with E-state index in [-0.39, 0.29) is 6.42 Å². The molecule has 1 aliphatic rings. The van der Waals surface area contributed by atoms with Gasteiger partial charge in [0.1, 0.15) is 5.82 Å². The molecule has 98 valence electrons. The molecule has 0 saturated carbocycles. The molecule has 1 aromatic rings. The average Bonchev–Trinajstić information content (AvgIpc) is 2.40. The van der Waals surface area contributed by atoms with Crippen molar-refractivity contribution in [1.29, 1.82) is 0 Å². The molecule has 6 heteroatoms. The van der Waals surface area contributed by atoms with Gasteiger partial charge in [0.05, 0.1) is 18.3 Å². The molecule has 0 atom stereocenters. The molecule has 3 N–H and O–H groups in total. The summed E-state index contributed by atoms with van der Waals surface area (Å²) in [4.78, 5) is 17.0. The molecule has 0 radical (unpaired) electrons. The van der Waals surface area contributed by atoms with Crippen LogP contribution in [0.25, 0.3) is 0 Å². The second-order valence-corrected chi connectivity index (χ2v) is 4.21. The standard InChI is InChI=1S/C12H18N4O2/c17-12(18)3-4-14-10-1-2-11(15-9-10)16-7-5-13-6-8-16/h1-2,9,13-14H,3-8H2,(H,17,18). The third kappa shape index (κ3) is 3.59. The number of aromatic nitrogens is 1. The number of hydrogen-bond donors (Lipinski definition) is 3. The third-order valence-corrected chi connectivity index (χ3v) is 2.86. The predicted molar refractivity (Wildman–Crippen MR) is 70.1 cm³/mol. The Bertz CT molecular complexity index is 388. The lowest BCUT2D eigenvalue weighted by atomic mass is 10.3. The molecule has 1 fully saturated rings. The topological polar surface area (TPSA) is 77.5 Å². The highest BCUT2D eigenvalue weighted by atomic mass is 16.4. The molecule has 2 rings (SSSR count). The Kier molecular flexibility index (Phi) is 4.35. The van der Waals surface area contributed by atoms with Crippen LogP contribution in [0.5, 0.6) is 0 Å². The fraction of sp³-hybridized carbons (Fsp3) is 0.500. The number of aliphatic carboxylic acids is 1. The van der Waals surface area contributed by atoms with Crippen molar-refractivity contribution in [3.05, 3.63) is 18.3 Å². The number of nitrogens with one attached hydrogen (secondary N) is 2. The van der Waals surface area contributed by atoms with E-state index in [2.05, 4.69) is 20.5 Å². The Morgan fingerprint density at radius 1 is 1.44 bits per heavy atom. The number of carboxylic acids is 1. The molecule has 0 aromatic carbocycles. The summed E-state index contributed by atoms with van der Waals surface area (Å²) in [6.45, 7) is 4.34. The Balaban J connectivity index is 1.86. The molecule has 18 heavy (non-hydrogen) atoms. The Morgan fingerprint density at radius 3 is 2.83 bits per heavy atom. The van der Waals surface area contributed by atoms with Crippen molar-refractivity contribution in [2.45, 2.75) is 6.42 Å². The smallest absolute Gasteiger partial charge is 0.305 e. The van der Waals surface area contributed by atoms with E-state index in [9.17, 15) is 4.79 Å². The van der Waals surface area contributed by atoms with Crippen LogP contribution >= 0.6 is 0 Å². The molecule has 1 saturated heterocycles. The first-order valence-corrected chi connectivity index (χ1v) is 6.13. The lowest BCUT2D eigenvalue weighted by Gasteiger charge is -2.28. The minimum absolute atomic E-state index is 0.111. The maximum absolute atomic E-state index is 10.4. The first kappa shape index (κ1) is 12.6. The van der Waals surface area contributed by atoms with Gasteiger partial charge in [-0.3, -0.25) is 4.79 Å². The monoisotopic (exact) mass is 250 g/mol. The summed E-state index contributed by atoms with van der Waals surface area (Å²) in [5, 5.41) is 14.9. The average molecular weight is 250 g/mol. The highest BCUT2D eigenvalue weighted by molar-refractivity contribution is 5.67. The zero-order valence-electron chi connectivity index (χ0n) is 10.2. The molecule has 0 bridgehead atoms. The number of piperazine rings is 1. The van der Waals surface area contributed by atoms with E-state index in [1.807, 2.05) is 12.1 Å². The Labute approximate surface area is 106 Å². The van der Waals surface area contributed by atoms with Crippen molar-refractivity contribution < 1.29 is 9.90 Å². The lowest BCUT2D eigenvalue weighted by Crippen LogP contribution is -2.43. The number of nitrogens with zero attached hydrogens (tertiary/aromatic N) is 2. The summed E-state index contributed by atoms with van der Waals surface area (Å²) in [5.74, 6) is 0.174. The molecule has 0 unspecified atom stereocenters. The summed E-state index contributed by atoms with van der Waals surface area (Å²) in [5.41, 5.74) is 0.857. The SMILES string of the molecule is O=C(O)CCNc1ccc(N2CCNCC2)nc1. The van der Waals surface area contributed by atoms with Gasteiger partial charge >= 0.3 is 5.97 Å². The molecule has 0 aliphatic carbocycles. The van der Waals surface area contributed by atoms with Gasteiger partial charge in [-0.2, -0.15) is 0 Å². The second-order valence-electron chi connectivity index (χ2n) is 4.21. The fourth-order valence-corrected chi connectivity index (χ4v) is 1.89. The summed E-state index contributed by atoms with van der Waals surface area (Å²) >= 11 is 0. The quantitative estimate of drug-likeness (QED) is 0.701. The van der Waals surface area contributed by atoms with Gasteiger partial charge in [0, 0.05) is 32.7 Å². The first-order valence-electron chi connectivity index (χ1n) is 6.13. The van der Waals surface area contributed by atoms with Gasteiger partial charge in [0.15, 0.2) is 0 Å². The maximum atomic E-state index is 10.4. The number of carboxylic acid groups (broad SMARTS) is 1. The number of pyridine rings is 1. The minimum Gasteiger partial charge on any atom is -0.481 e. The molecular weight excluding hydrogens is 232 g/mol. The van der Waals surface area contributed by atoms with E-state index in [0.29, 0.717) is 6.54 Å². The number of anilines is 2. The normalized spacial score (nSPS) is 15.4. The van der Waals surface area contributed by atoms with E-state index >= 15 is 0 Å². The highest BCUT2D eigenvalue weighted by Gasteiger charge is 2.10. The van der Waals surface area contributed by atoms with Crippen molar-refractivity contribution in [1.82, 2.24) is 10.3 Å². The van der Waals surface area contributed by atoms with Crippen LogP contribution < -0.4 is 15.5 Å². The predicted octanol–water partition coefficient (Wildman–Crippen LogP) is 0.378. The van der Waals surface area contributed by atoms with Gasteiger partial charge in [0.2, 0.25) is 0 Å². The van der Waals surface area contributed by atoms with Crippen LogP contribution in [-0.2, 0) is 4.79 Å². The zero-order chi connectivity index (χ0) is 12.8. The van der Waals surface area contributed by atoms with E-state index in [4.69, 9.17) is 5.11 Å². The van der Waals surface area contributed by atoms with Crippen LogP contribution in [0.3, 0.4) is 0 Å². The third-order valence-electron chi connectivity index (χ3n) is 2.86. The summed E-state index contributed by atoms with van der Waals surface area (Å²) < 4.78 is 0. The summed E-state index contributed by atoms with van der Waals surface area (Å²) in [6, 6.07) is 3.90. The Morgan fingerprint density at radius 2 is 2.22 bits per heavy atom. The van der Waals surface area contributed by atoms with Crippen molar-refractivity contribution in [3.8, 4) is 0 Å². The van der Waals surface area contributed by atoms with Crippen LogP contribution in [0.1, 0.15) is 6.42 Å². The van der Waals surface area contributed by atoms with Crippen molar-refractivity contribution in [3.63, 3.8) is 0 Å². The summed E-state index contributed by atoms with van der Waals surface area (Å²) in [6.07, 6.45) is 1.86. The maximum Gasteiger partial charge on any atom is 0.305 e. The molecule has 0 spiro atoms. The van der Waals surface area contributed by atoms with Crippen molar-refractivity contribution in [2.24, 2.45) is 0 Å². The Hall–Kier alpha value is -1.82.